The van der Waals surface area contributed by atoms with Gasteiger partial charge in [0, 0.05) is 18.1 Å². The standard InChI is InChI=1S/C13H26N2O2S/c1-2-8-15(12-5-3-11(14)4-6-12)13-7-9-18(16,17)10-13/h11-13H,2-10,14H2,1H3. The van der Waals surface area contributed by atoms with Crippen molar-refractivity contribution < 1.29 is 8.42 Å². The second-order valence-electron chi connectivity index (χ2n) is 5.86. The molecule has 5 heteroatoms. The maximum absolute atomic E-state index is 11.6. The molecule has 1 unspecified atom stereocenters. The van der Waals surface area contributed by atoms with Crippen LogP contribution in [0.1, 0.15) is 45.4 Å². The van der Waals surface area contributed by atoms with E-state index in [1.807, 2.05) is 0 Å². The quantitative estimate of drug-likeness (QED) is 0.835. The van der Waals surface area contributed by atoms with Crippen molar-refractivity contribution in [3.8, 4) is 0 Å². The molecule has 0 bridgehead atoms. The second-order valence-corrected chi connectivity index (χ2v) is 8.09. The average Bonchev–Trinajstić information content (AvgIpc) is 2.68. The fourth-order valence-electron chi connectivity index (χ4n) is 3.39. The Balaban J connectivity index is 1.99. The zero-order valence-corrected chi connectivity index (χ0v) is 12.2. The lowest BCUT2D eigenvalue weighted by Gasteiger charge is -2.39. The number of rotatable bonds is 4. The van der Waals surface area contributed by atoms with E-state index < -0.39 is 9.84 Å². The SMILES string of the molecule is CCCN(C1CCC(N)CC1)C1CCS(=O)(=O)C1. The van der Waals surface area contributed by atoms with Gasteiger partial charge in [0.05, 0.1) is 11.5 Å². The van der Waals surface area contributed by atoms with Crippen LogP contribution >= 0.6 is 0 Å². The number of hydrogen-bond donors (Lipinski definition) is 1. The van der Waals surface area contributed by atoms with Crippen LogP contribution in [0.4, 0.5) is 0 Å². The van der Waals surface area contributed by atoms with Gasteiger partial charge in [-0.05, 0) is 45.1 Å². The Bertz CT molecular complexity index is 361. The van der Waals surface area contributed by atoms with Crippen molar-refractivity contribution in [1.82, 2.24) is 4.90 Å². The topological polar surface area (TPSA) is 63.4 Å². The van der Waals surface area contributed by atoms with Gasteiger partial charge in [0.1, 0.15) is 0 Å². The van der Waals surface area contributed by atoms with Gasteiger partial charge < -0.3 is 5.73 Å². The van der Waals surface area contributed by atoms with Gasteiger partial charge in [0.25, 0.3) is 0 Å². The van der Waals surface area contributed by atoms with Crippen LogP contribution in [0.15, 0.2) is 0 Å². The predicted octanol–water partition coefficient (Wildman–Crippen LogP) is 1.16. The summed E-state index contributed by atoms with van der Waals surface area (Å²) in [6, 6.07) is 1.18. The molecule has 0 aromatic heterocycles. The highest BCUT2D eigenvalue weighted by Gasteiger charge is 2.35. The minimum absolute atomic E-state index is 0.259. The van der Waals surface area contributed by atoms with Crippen molar-refractivity contribution in [1.29, 1.82) is 0 Å². The Morgan fingerprint density at radius 2 is 1.78 bits per heavy atom. The largest absolute Gasteiger partial charge is 0.328 e. The molecule has 0 radical (unpaired) electrons. The van der Waals surface area contributed by atoms with Crippen molar-refractivity contribution in [2.24, 2.45) is 5.73 Å². The molecule has 2 aliphatic rings. The summed E-state index contributed by atoms with van der Waals surface area (Å²) in [4.78, 5) is 2.47. The Morgan fingerprint density at radius 1 is 1.11 bits per heavy atom. The van der Waals surface area contributed by atoms with Crippen LogP contribution in [0, 0.1) is 0 Å². The molecular weight excluding hydrogens is 248 g/mol. The first-order chi connectivity index (χ1) is 8.52. The van der Waals surface area contributed by atoms with Gasteiger partial charge in [0.2, 0.25) is 0 Å². The average molecular weight is 274 g/mol. The van der Waals surface area contributed by atoms with E-state index in [0.717, 1.165) is 45.1 Å². The van der Waals surface area contributed by atoms with Crippen LogP contribution in [0.25, 0.3) is 0 Å². The zero-order chi connectivity index (χ0) is 13.2. The van der Waals surface area contributed by atoms with Gasteiger partial charge in [-0.15, -0.1) is 0 Å². The summed E-state index contributed by atoms with van der Waals surface area (Å²) in [6.07, 6.45) is 6.37. The van der Waals surface area contributed by atoms with Crippen molar-refractivity contribution in [2.45, 2.75) is 63.6 Å². The third kappa shape index (κ3) is 3.45. The van der Waals surface area contributed by atoms with E-state index in [1.54, 1.807) is 0 Å². The maximum Gasteiger partial charge on any atom is 0.151 e. The fourth-order valence-corrected chi connectivity index (χ4v) is 5.13. The van der Waals surface area contributed by atoms with Crippen molar-refractivity contribution >= 4 is 9.84 Å². The van der Waals surface area contributed by atoms with E-state index >= 15 is 0 Å². The highest BCUT2D eigenvalue weighted by atomic mass is 32.2. The fraction of sp³-hybridized carbons (Fsp3) is 1.00. The van der Waals surface area contributed by atoms with Gasteiger partial charge in [0.15, 0.2) is 9.84 Å². The molecule has 1 saturated heterocycles. The molecule has 1 heterocycles. The third-order valence-electron chi connectivity index (χ3n) is 4.37. The van der Waals surface area contributed by atoms with E-state index in [2.05, 4.69) is 11.8 Å². The Morgan fingerprint density at radius 3 is 2.28 bits per heavy atom. The van der Waals surface area contributed by atoms with E-state index in [4.69, 9.17) is 5.73 Å². The molecule has 1 atom stereocenters. The summed E-state index contributed by atoms with van der Waals surface area (Å²) in [5, 5.41) is 0. The molecule has 0 aromatic carbocycles. The number of hydrogen-bond acceptors (Lipinski definition) is 4. The van der Waals surface area contributed by atoms with Gasteiger partial charge in [-0.3, -0.25) is 4.90 Å². The van der Waals surface area contributed by atoms with Gasteiger partial charge >= 0.3 is 0 Å². The lowest BCUT2D eigenvalue weighted by Crippen LogP contribution is -2.47. The van der Waals surface area contributed by atoms with Crippen molar-refractivity contribution in [2.75, 3.05) is 18.1 Å². The van der Waals surface area contributed by atoms with Crippen LogP contribution in [0.5, 0.6) is 0 Å². The van der Waals surface area contributed by atoms with Crippen LogP contribution in [0.3, 0.4) is 0 Å². The monoisotopic (exact) mass is 274 g/mol. The summed E-state index contributed by atoms with van der Waals surface area (Å²) in [5.41, 5.74) is 5.95. The third-order valence-corrected chi connectivity index (χ3v) is 6.12. The lowest BCUT2D eigenvalue weighted by molar-refractivity contribution is 0.110. The predicted molar refractivity (Wildman–Crippen MR) is 74.3 cm³/mol. The van der Waals surface area contributed by atoms with Crippen LogP contribution in [-0.4, -0.2) is 49.5 Å². The summed E-state index contributed by atoms with van der Waals surface area (Å²) in [7, 11) is -2.77. The van der Waals surface area contributed by atoms with Gasteiger partial charge in [-0.1, -0.05) is 6.92 Å². The molecule has 1 aliphatic heterocycles. The molecule has 2 rings (SSSR count). The normalized spacial score (nSPS) is 36.1. The van der Waals surface area contributed by atoms with E-state index in [0.29, 0.717) is 23.6 Å². The summed E-state index contributed by atoms with van der Waals surface area (Å²) >= 11 is 0. The highest BCUT2D eigenvalue weighted by molar-refractivity contribution is 7.91. The second kappa shape index (κ2) is 5.88. The van der Waals surface area contributed by atoms with Gasteiger partial charge in [-0.2, -0.15) is 0 Å². The molecular formula is C13H26N2O2S. The van der Waals surface area contributed by atoms with Crippen molar-refractivity contribution in [3.63, 3.8) is 0 Å². The summed E-state index contributed by atoms with van der Waals surface area (Å²) in [6.45, 7) is 3.20. The molecule has 0 spiro atoms. The van der Waals surface area contributed by atoms with Crippen LogP contribution in [0.2, 0.25) is 0 Å². The van der Waals surface area contributed by atoms with E-state index in [9.17, 15) is 8.42 Å². The Hall–Kier alpha value is -0.130. The smallest absolute Gasteiger partial charge is 0.151 e. The molecule has 18 heavy (non-hydrogen) atoms. The Labute approximate surface area is 111 Å². The lowest BCUT2D eigenvalue weighted by atomic mass is 9.89. The van der Waals surface area contributed by atoms with Gasteiger partial charge in [-0.25, -0.2) is 8.42 Å². The molecule has 0 amide bonds. The number of nitrogens with zero attached hydrogens (tertiary/aromatic N) is 1. The molecule has 4 nitrogen and oxygen atoms in total. The van der Waals surface area contributed by atoms with Crippen molar-refractivity contribution in [3.05, 3.63) is 0 Å². The van der Waals surface area contributed by atoms with Crippen LogP contribution in [-0.2, 0) is 9.84 Å². The number of nitrogens with two attached hydrogens (primary N) is 1. The molecule has 1 saturated carbocycles. The first kappa shape index (κ1) is 14.3. The number of sulfone groups is 1. The summed E-state index contributed by atoms with van der Waals surface area (Å²) < 4.78 is 23.3. The summed E-state index contributed by atoms with van der Waals surface area (Å²) in [5.74, 6) is 0.750. The Kier molecular flexibility index (Phi) is 4.67. The maximum atomic E-state index is 11.6. The van der Waals surface area contributed by atoms with Crippen LogP contribution < -0.4 is 5.73 Å². The molecule has 1 aliphatic carbocycles. The minimum atomic E-state index is -2.77. The van der Waals surface area contributed by atoms with E-state index in [-0.39, 0.29) is 6.04 Å². The first-order valence-corrected chi connectivity index (χ1v) is 9.05. The first-order valence-electron chi connectivity index (χ1n) is 7.23. The highest BCUT2D eigenvalue weighted by Crippen LogP contribution is 2.27. The minimum Gasteiger partial charge on any atom is -0.328 e. The molecule has 2 fully saturated rings. The molecule has 2 N–H and O–H groups in total. The molecule has 106 valence electrons. The van der Waals surface area contributed by atoms with E-state index in [1.165, 1.54) is 0 Å². The molecule has 0 aromatic rings. The zero-order valence-electron chi connectivity index (χ0n) is 11.3.